The van der Waals surface area contributed by atoms with E-state index < -0.39 is 0 Å². The Balaban J connectivity index is 2.36. The summed E-state index contributed by atoms with van der Waals surface area (Å²) in [5.41, 5.74) is 0. The van der Waals surface area contributed by atoms with Crippen LogP contribution in [0.5, 0.6) is 0 Å². The molecule has 1 fully saturated rings. The summed E-state index contributed by atoms with van der Waals surface area (Å²) in [6.07, 6.45) is 9.34. The van der Waals surface area contributed by atoms with Crippen LogP contribution in [0.1, 0.15) is 33.1 Å². The van der Waals surface area contributed by atoms with Crippen molar-refractivity contribution in [2.45, 2.75) is 33.1 Å². The van der Waals surface area contributed by atoms with Crippen LogP contribution in [0.15, 0.2) is 0 Å². The molecule has 1 heterocycles. The molecule has 1 rings (SSSR count). The standard InChI is InChI=1S/C11H24S/c1-5-6-10(2)11-7-8-12(3,4)9-11/h10-11H,5-9H2,1-4H3. The molecule has 1 aliphatic rings. The Morgan fingerprint density at radius 2 is 2.08 bits per heavy atom. The predicted molar refractivity (Wildman–Crippen MR) is 61.4 cm³/mol. The fraction of sp³-hybridized carbons (Fsp3) is 1.00. The Kier molecular flexibility index (Phi) is 3.51. The van der Waals surface area contributed by atoms with E-state index in [0.717, 1.165) is 11.8 Å². The van der Waals surface area contributed by atoms with Gasteiger partial charge in [-0.05, 0) is 42.3 Å². The van der Waals surface area contributed by atoms with E-state index >= 15 is 0 Å². The summed E-state index contributed by atoms with van der Waals surface area (Å²) >= 11 is 0. The second-order valence-corrected chi connectivity index (χ2v) is 9.23. The molecule has 0 aromatic carbocycles. The molecule has 1 aliphatic heterocycles. The summed E-state index contributed by atoms with van der Waals surface area (Å²) in [6.45, 7) is 4.76. The van der Waals surface area contributed by atoms with Crippen LogP contribution in [0, 0.1) is 11.8 Å². The van der Waals surface area contributed by atoms with Gasteiger partial charge < -0.3 is 0 Å². The molecule has 0 saturated carbocycles. The van der Waals surface area contributed by atoms with Crippen molar-refractivity contribution in [3.05, 3.63) is 0 Å². The molecular weight excluding hydrogens is 164 g/mol. The highest BCUT2D eigenvalue weighted by Crippen LogP contribution is 2.51. The second kappa shape index (κ2) is 4.04. The first-order chi connectivity index (χ1) is 5.55. The van der Waals surface area contributed by atoms with Crippen molar-refractivity contribution >= 4 is 10.0 Å². The van der Waals surface area contributed by atoms with Crippen LogP contribution in [-0.4, -0.2) is 24.0 Å². The molecule has 1 heteroatoms. The zero-order valence-corrected chi connectivity index (χ0v) is 9.91. The summed E-state index contributed by atoms with van der Waals surface area (Å²) in [7, 11) is -0.159. The van der Waals surface area contributed by atoms with Crippen molar-refractivity contribution in [3.63, 3.8) is 0 Å². The lowest BCUT2D eigenvalue weighted by Crippen LogP contribution is -2.11. The first kappa shape index (κ1) is 10.4. The minimum Gasteiger partial charge on any atom is -0.246 e. The van der Waals surface area contributed by atoms with Crippen LogP contribution in [0.4, 0.5) is 0 Å². The summed E-state index contributed by atoms with van der Waals surface area (Å²) in [4.78, 5) is 0. The van der Waals surface area contributed by atoms with E-state index in [2.05, 4.69) is 26.4 Å². The van der Waals surface area contributed by atoms with Crippen LogP contribution in [0.25, 0.3) is 0 Å². The van der Waals surface area contributed by atoms with Crippen LogP contribution in [0.2, 0.25) is 0 Å². The van der Waals surface area contributed by atoms with Gasteiger partial charge in [-0.2, -0.15) is 0 Å². The van der Waals surface area contributed by atoms with Gasteiger partial charge in [0, 0.05) is 0 Å². The van der Waals surface area contributed by atoms with E-state index in [0.29, 0.717) is 0 Å². The number of rotatable bonds is 3. The van der Waals surface area contributed by atoms with Crippen LogP contribution in [0.3, 0.4) is 0 Å². The molecule has 2 unspecified atom stereocenters. The maximum Gasteiger partial charge on any atom is -0.0201 e. The molecule has 1 saturated heterocycles. The topological polar surface area (TPSA) is 0 Å². The number of hydrogen-bond donors (Lipinski definition) is 0. The third kappa shape index (κ3) is 2.69. The summed E-state index contributed by atoms with van der Waals surface area (Å²) in [6, 6.07) is 0. The Hall–Kier alpha value is 0.350. The first-order valence-electron chi connectivity index (χ1n) is 5.24. The van der Waals surface area contributed by atoms with Gasteiger partial charge in [0.2, 0.25) is 0 Å². The average molecular weight is 188 g/mol. The Morgan fingerprint density at radius 1 is 1.42 bits per heavy atom. The van der Waals surface area contributed by atoms with Gasteiger partial charge >= 0.3 is 0 Å². The van der Waals surface area contributed by atoms with E-state index in [4.69, 9.17) is 0 Å². The lowest BCUT2D eigenvalue weighted by molar-refractivity contribution is 0.369. The van der Waals surface area contributed by atoms with Crippen molar-refractivity contribution in [2.24, 2.45) is 11.8 Å². The predicted octanol–water partition coefficient (Wildman–Crippen LogP) is 3.51. The van der Waals surface area contributed by atoms with Gasteiger partial charge in [0.25, 0.3) is 0 Å². The van der Waals surface area contributed by atoms with Crippen molar-refractivity contribution in [1.29, 1.82) is 0 Å². The van der Waals surface area contributed by atoms with Crippen molar-refractivity contribution in [2.75, 3.05) is 24.0 Å². The van der Waals surface area contributed by atoms with Crippen molar-refractivity contribution in [3.8, 4) is 0 Å². The minimum atomic E-state index is -0.159. The average Bonchev–Trinajstić information content (AvgIpc) is 2.31. The molecule has 0 nitrogen and oxygen atoms in total. The van der Waals surface area contributed by atoms with Crippen molar-refractivity contribution in [1.82, 2.24) is 0 Å². The molecule has 0 spiro atoms. The smallest absolute Gasteiger partial charge is 0.0201 e. The molecule has 0 aliphatic carbocycles. The Labute approximate surface area is 79.4 Å². The van der Waals surface area contributed by atoms with Crippen LogP contribution >= 0.6 is 10.0 Å². The van der Waals surface area contributed by atoms with Crippen LogP contribution in [-0.2, 0) is 0 Å². The third-order valence-corrected chi connectivity index (χ3v) is 5.93. The molecule has 0 bridgehead atoms. The van der Waals surface area contributed by atoms with E-state index in [-0.39, 0.29) is 10.0 Å². The molecule has 0 radical (unpaired) electrons. The summed E-state index contributed by atoms with van der Waals surface area (Å²) in [5, 5.41) is 0. The fourth-order valence-electron chi connectivity index (χ4n) is 2.36. The minimum absolute atomic E-state index is 0.159. The quantitative estimate of drug-likeness (QED) is 0.636. The molecule has 74 valence electrons. The fourth-order valence-corrected chi connectivity index (χ4v) is 5.12. The van der Waals surface area contributed by atoms with E-state index in [1.807, 2.05) is 0 Å². The van der Waals surface area contributed by atoms with Crippen LogP contribution < -0.4 is 0 Å². The maximum absolute atomic E-state index is 2.51. The normalized spacial score (nSPS) is 33.2. The lowest BCUT2D eigenvalue weighted by atomic mass is 9.90. The zero-order chi connectivity index (χ0) is 9.19. The highest BCUT2D eigenvalue weighted by molar-refractivity contribution is 8.32. The molecule has 0 amide bonds. The molecule has 2 atom stereocenters. The molecule has 0 N–H and O–H groups in total. The highest BCUT2D eigenvalue weighted by Gasteiger charge is 2.29. The highest BCUT2D eigenvalue weighted by atomic mass is 32.3. The van der Waals surface area contributed by atoms with Crippen molar-refractivity contribution < 1.29 is 0 Å². The van der Waals surface area contributed by atoms with Gasteiger partial charge in [0.05, 0.1) is 0 Å². The van der Waals surface area contributed by atoms with Gasteiger partial charge in [-0.15, -0.1) is 0 Å². The van der Waals surface area contributed by atoms with Gasteiger partial charge in [-0.1, -0.05) is 26.7 Å². The maximum atomic E-state index is 2.51. The van der Waals surface area contributed by atoms with E-state index in [1.54, 1.807) is 5.75 Å². The molecule has 0 aromatic rings. The Bertz CT molecular complexity index is 140. The largest absolute Gasteiger partial charge is 0.246 e. The van der Waals surface area contributed by atoms with Gasteiger partial charge in [-0.25, -0.2) is 10.0 Å². The summed E-state index contributed by atoms with van der Waals surface area (Å²) in [5.74, 6) is 5.14. The Morgan fingerprint density at radius 3 is 2.50 bits per heavy atom. The summed E-state index contributed by atoms with van der Waals surface area (Å²) < 4.78 is 0. The SMILES string of the molecule is CCCC(C)C1CCS(C)(C)C1. The van der Waals surface area contributed by atoms with E-state index in [1.165, 1.54) is 25.0 Å². The van der Waals surface area contributed by atoms with E-state index in [9.17, 15) is 0 Å². The van der Waals surface area contributed by atoms with Gasteiger partial charge in [-0.3, -0.25) is 0 Å². The van der Waals surface area contributed by atoms with Gasteiger partial charge in [0.15, 0.2) is 0 Å². The monoisotopic (exact) mass is 188 g/mol. The lowest BCUT2D eigenvalue weighted by Gasteiger charge is -2.26. The second-order valence-electron chi connectivity index (χ2n) is 4.95. The molecule has 12 heavy (non-hydrogen) atoms. The first-order valence-corrected chi connectivity index (χ1v) is 8.02. The third-order valence-electron chi connectivity index (χ3n) is 3.26. The number of hydrogen-bond acceptors (Lipinski definition) is 0. The molecular formula is C11H24S. The molecule has 0 aromatic heterocycles. The van der Waals surface area contributed by atoms with Gasteiger partial charge in [0.1, 0.15) is 0 Å². The zero-order valence-electron chi connectivity index (χ0n) is 9.10.